The molecule has 0 aliphatic carbocycles. The van der Waals surface area contributed by atoms with Gasteiger partial charge in [-0.15, -0.1) is 0 Å². The first-order valence-electron chi connectivity index (χ1n) is 6.41. The standard InChI is InChI=1S/C12H24Si/c1-2-6-10-13(9-5-1)11-7-3-4-8-12-13/h1-12H2. The SMILES string of the molecule is C1CCC[Si]2(CC1)CCCCCC2. The van der Waals surface area contributed by atoms with Crippen LogP contribution in [0.25, 0.3) is 0 Å². The van der Waals surface area contributed by atoms with Gasteiger partial charge in [-0.3, -0.25) is 0 Å². The summed E-state index contributed by atoms with van der Waals surface area (Å²) in [6.07, 6.45) is 12.6. The summed E-state index contributed by atoms with van der Waals surface area (Å²) in [6.45, 7) is 0. The summed E-state index contributed by atoms with van der Waals surface area (Å²) in [6, 6.07) is 6.81. The first-order chi connectivity index (χ1) is 6.41. The lowest BCUT2D eigenvalue weighted by Crippen LogP contribution is -2.31. The summed E-state index contributed by atoms with van der Waals surface area (Å²) in [4.78, 5) is 0. The van der Waals surface area contributed by atoms with Crippen molar-refractivity contribution in [3.63, 3.8) is 0 Å². The van der Waals surface area contributed by atoms with Crippen molar-refractivity contribution in [1.29, 1.82) is 0 Å². The van der Waals surface area contributed by atoms with E-state index < -0.39 is 8.07 Å². The van der Waals surface area contributed by atoms with Gasteiger partial charge in [0, 0.05) is 0 Å². The Labute approximate surface area is 84.1 Å². The Morgan fingerprint density at radius 3 is 1.00 bits per heavy atom. The molecule has 0 atom stereocenters. The molecule has 2 saturated heterocycles. The van der Waals surface area contributed by atoms with E-state index in [0.717, 1.165) is 0 Å². The van der Waals surface area contributed by atoms with Crippen molar-refractivity contribution < 1.29 is 0 Å². The fourth-order valence-corrected chi connectivity index (χ4v) is 8.96. The summed E-state index contributed by atoms with van der Waals surface area (Å²) in [5, 5.41) is 0. The largest absolute Gasteiger partial charge is 0.0571 e. The smallest absolute Gasteiger partial charge is 0.0535 e. The van der Waals surface area contributed by atoms with Crippen molar-refractivity contribution >= 4 is 8.07 Å². The lowest BCUT2D eigenvalue weighted by atomic mass is 10.2. The van der Waals surface area contributed by atoms with Gasteiger partial charge in [0.2, 0.25) is 0 Å². The van der Waals surface area contributed by atoms with Crippen LogP contribution < -0.4 is 0 Å². The molecule has 0 unspecified atom stereocenters. The quantitative estimate of drug-likeness (QED) is 0.497. The van der Waals surface area contributed by atoms with Gasteiger partial charge in [-0.25, -0.2) is 0 Å². The van der Waals surface area contributed by atoms with Crippen LogP contribution in [-0.4, -0.2) is 8.07 Å². The molecule has 1 spiro atoms. The second-order valence-corrected chi connectivity index (χ2v) is 10.3. The van der Waals surface area contributed by atoms with Crippen LogP contribution >= 0.6 is 0 Å². The highest BCUT2D eigenvalue weighted by molar-refractivity contribution is 6.79. The second-order valence-electron chi connectivity index (χ2n) is 5.33. The third kappa shape index (κ3) is 2.58. The molecule has 0 radical (unpaired) electrons. The summed E-state index contributed by atoms with van der Waals surface area (Å²) < 4.78 is 0. The van der Waals surface area contributed by atoms with Crippen molar-refractivity contribution in [1.82, 2.24) is 0 Å². The van der Waals surface area contributed by atoms with E-state index in [1.165, 1.54) is 0 Å². The van der Waals surface area contributed by atoms with Gasteiger partial charge in [0.25, 0.3) is 0 Å². The molecule has 0 nitrogen and oxygen atoms in total. The molecule has 0 saturated carbocycles. The van der Waals surface area contributed by atoms with E-state index in [2.05, 4.69) is 0 Å². The highest BCUT2D eigenvalue weighted by atomic mass is 28.3. The van der Waals surface area contributed by atoms with Gasteiger partial charge in [0.05, 0.1) is 8.07 Å². The van der Waals surface area contributed by atoms with E-state index in [1.807, 2.05) is 0 Å². The van der Waals surface area contributed by atoms with Crippen molar-refractivity contribution in [3.8, 4) is 0 Å². The summed E-state index contributed by atoms with van der Waals surface area (Å²) >= 11 is 0. The van der Waals surface area contributed by atoms with Gasteiger partial charge < -0.3 is 0 Å². The normalized spacial score (nSPS) is 29.5. The Morgan fingerprint density at radius 2 is 0.692 bits per heavy atom. The minimum Gasteiger partial charge on any atom is -0.0571 e. The van der Waals surface area contributed by atoms with E-state index >= 15 is 0 Å². The van der Waals surface area contributed by atoms with Crippen LogP contribution in [0, 0.1) is 0 Å². The minimum atomic E-state index is -0.671. The molecule has 2 rings (SSSR count). The fraction of sp³-hybridized carbons (Fsp3) is 1.00. The molecule has 0 N–H and O–H groups in total. The van der Waals surface area contributed by atoms with E-state index in [-0.39, 0.29) is 0 Å². The molecule has 2 aliphatic rings. The van der Waals surface area contributed by atoms with Crippen molar-refractivity contribution in [2.45, 2.75) is 75.5 Å². The van der Waals surface area contributed by atoms with Crippen LogP contribution in [0.1, 0.15) is 51.4 Å². The maximum Gasteiger partial charge on any atom is 0.0535 e. The zero-order valence-electron chi connectivity index (χ0n) is 8.99. The molecule has 0 aromatic carbocycles. The van der Waals surface area contributed by atoms with Crippen molar-refractivity contribution in [2.75, 3.05) is 0 Å². The molecule has 76 valence electrons. The van der Waals surface area contributed by atoms with Crippen molar-refractivity contribution in [3.05, 3.63) is 0 Å². The second kappa shape index (κ2) is 4.63. The third-order valence-electron chi connectivity index (χ3n) is 4.33. The van der Waals surface area contributed by atoms with E-state index in [9.17, 15) is 0 Å². The Kier molecular flexibility index (Phi) is 3.48. The van der Waals surface area contributed by atoms with Gasteiger partial charge in [0.15, 0.2) is 0 Å². The molecule has 1 heteroatoms. The van der Waals surface area contributed by atoms with Crippen LogP contribution in [0.4, 0.5) is 0 Å². The monoisotopic (exact) mass is 196 g/mol. The van der Waals surface area contributed by atoms with E-state index in [0.29, 0.717) is 0 Å². The topological polar surface area (TPSA) is 0 Å². The fourth-order valence-electron chi connectivity index (χ4n) is 3.46. The number of hydrogen-bond donors (Lipinski definition) is 0. The Bertz CT molecular complexity index is 116. The van der Waals surface area contributed by atoms with Crippen LogP contribution in [0.5, 0.6) is 0 Å². The Morgan fingerprint density at radius 1 is 0.385 bits per heavy atom. The average molecular weight is 196 g/mol. The highest BCUT2D eigenvalue weighted by Crippen LogP contribution is 2.38. The van der Waals surface area contributed by atoms with Gasteiger partial charge in [-0.1, -0.05) is 75.5 Å². The number of hydrogen-bond acceptors (Lipinski definition) is 0. The molecule has 2 aliphatic heterocycles. The van der Waals surface area contributed by atoms with Gasteiger partial charge in [-0.2, -0.15) is 0 Å². The predicted molar refractivity (Wildman–Crippen MR) is 61.9 cm³/mol. The molecule has 2 heterocycles. The molecule has 0 aromatic rings. The first-order valence-corrected chi connectivity index (χ1v) is 9.24. The van der Waals surface area contributed by atoms with Gasteiger partial charge in [-0.05, 0) is 0 Å². The number of rotatable bonds is 0. The summed E-state index contributed by atoms with van der Waals surface area (Å²) in [7, 11) is -0.671. The summed E-state index contributed by atoms with van der Waals surface area (Å²) in [5.41, 5.74) is 0. The average Bonchev–Trinajstić information content (AvgIpc) is 2.50. The highest BCUT2D eigenvalue weighted by Gasteiger charge is 2.33. The lowest BCUT2D eigenvalue weighted by Gasteiger charge is -2.29. The van der Waals surface area contributed by atoms with E-state index in [4.69, 9.17) is 0 Å². The van der Waals surface area contributed by atoms with Crippen molar-refractivity contribution in [2.24, 2.45) is 0 Å². The van der Waals surface area contributed by atoms with E-state index in [1.54, 1.807) is 75.5 Å². The molecule has 0 bridgehead atoms. The van der Waals surface area contributed by atoms with Crippen LogP contribution in [-0.2, 0) is 0 Å². The molecule has 2 fully saturated rings. The maximum atomic E-state index is 1.70. The third-order valence-corrected chi connectivity index (χ3v) is 9.99. The van der Waals surface area contributed by atoms with Gasteiger partial charge >= 0.3 is 0 Å². The van der Waals surface area contributed by atoms with Crippen LogP contribution in [0.2, 0.25) is 24.2 Å². The molecule has 0 aromatic heterocycles. The Hall–Kier alpha value is 0.217. The lowest BCUT2D eigenvalue weighted by molar-refractivity contribution is 0.720. The molecule has 0 amide bonds. The minimum absolute atomic E-state index is 0.671. The van der Waals surface area contributed by atoms with Gasteiger partial charge in [0.1, 0.15) is 0 Å². The van der Waals surface area contributed by atoms with Crippen LogP contribution in [0.15, 0.2) is 0 Å². The molecule has 13 heavy (non-hydrogen) atoms. The maximum absolute atomic E-state index is 1.70. The Balaban J connectivity index is 1.97. The zero-order chi connectivity index (χ0) is 8.99. The summed E-state index contributed by atoms with van der Waals surface area (Å²) in [5.74, 6) is 0. The molecular weight excluding hydrogens is 172 g/mol. The first kappa shape index (κ1) is 9.76. The molecular formula is C12H24Si. The van der Waals surface area contributed by atoms with Crippen LogP contribution in [0.3, 0.4) is 0 Å². The predicted octanol–water partition coefficient (Wildman–Crippen LogP) is 4.58. The zero-order valence-corrected chi connectivity index (χ0v) is 9.99.